The number of hydrogen-bond donors (Lipinski definition) is 0. The van der Waals surface area contributed by atoms with Crippen LogP contribution < -0.4 is 0 Å². The second kappa shape index (κ2) is 4.43. The summed E-state index contributed by atoms with van der Waals surface area (Å²) < 4.78 is 4.41. The highest BCUT2D eigenvalue weighted by molar-refractivity contribution is 5.85. The van der Waals surface area contributed by atoms with Crippen LogP contribution in [0.4, 0.5) is 0 Å². The molecule has 5 heteroatoms. The lowest BCUT2D eigenvalue weighted by Crippen LogP contribution is -2.14. The minimum absolute atomic E-state index is 0.143. The first-order valence-corrected chi connectivity index (χ1v) is 3.11. The van der Waals surface area contributed by atoms with Gasteiger partial charge in [-0.2, -0.15) is 0 Å². The van der Waals surface area contributed by atoms with E-state index in [-0.39, 0.29) is 6.61 Å². The number of nitro groups is 1. The van der Waals surface area contributed by atoms with Crippen molar-refractivity contribution < 1.29 is 14.5 Å². The first-order valence-electron chi connectivity index (χ1n) is 3.11. The second-order valence-corrected chi connectivity index (χ2v) is 1.65. The summed E-state index contributed by atoms with van der Waals surface area (Å²) in [6.45, 7) is 3.14. The minimum atomic E-state index is -0.889. The van der Waals surface area contributed by atoms with Crippen molar-refractivity contribution in [2.45, 2.75) is 13.8 Å². The fraction of sp³-hybridized carbons (Fsp3) is 0.500. The number of esters is 1. The Balaban J connectivity index is 4.29. The molecule has 0 saturated heterocycles. The Bertz CT molecular complexity index is 197. The van der Waals surface area contributed by atoms with Gasteiger partial charge in [0.05, 0.1) is 11.5 Å². The molecule has 0 radical (unpaired) electrons. The molecule has 5 nitrogen and oxygen atoms in total. The molecule has 0 heterocycles. The molecule has 62 valence electrons. The predicted octanol–water partition coefficient (Wildman–Crippen LogP) is 0.730. The molecule has 0 fully saturated rings. The monoisotopic (exact) mass is 159 g/mol. The van der Waals surface area contributed by atoms with Crippen LogP contribution in [-0.4, -0.2) is 17.5 Å². The lowest BCUT2D eigenvalue weighted by atomic mass is 10.4. The van der Waals surface area contributed by atoms with Gasteiger partial charge in [-0.05, 0) is 19.9 Å². The van der Waals surface area contributed by atoms with Crippen LogP contribution in [0.2, 0.25) is 0 Å². The summed E-state index contributed by atoms with van der Waals surface area (Å²) in [6.07, 6.45) is 1.11. The maximum absolute atomic E-state index is 10.7. The smallest absolute Gasteiger partial charge is 0.409 e. The van der Waals surface area contributed by atoms with E-state index < -0.39 is 16.6 Å². The third kappa shape index (κ3) is 2.79. The molecule has 0 aromatic rings. The van der Waals surface area contributed by atoms with Gasteiger partial charge in [-0.25, -0.2) is 4.79 Å². The predicted molar refractivity (Wildman–Crippen MR) is 37.4 cm³/mol. The van der Waals surface area contributed by atoms with Crippen molar-refractivity contribution in [2.24, 2.45) is 0 Å². The highest BCUT2D eigenvalue weighted by Crippen LogP contribution is 1.97. The summed E-state index contributed by atoms with van der Waals surface area (Å²) >= 11 is 0. The first kappa shape index (κ1) is 9.61. The van der Waals surface area contributed by atoms with Gasteiger partial charge in [-0.1, -0.05) is 0 Å². The van der Waals surface area contributed by atoms with Gasteiger partial charge in [-0.3, -0.25) is 10.1 Å². The van der Waals surface area contributed by atoms with E-state index in [0.29, 0.717) is 0 Å². The van der Waals surface area contributed by atoms with Crippen molar-refractivity contribution in [3.8, 4) is 0 Å². The van der Waals surface area contributed by atoms with Gasteiger partial charge in [0.2, 0.25) is 0 Å². The lowest BCUT2D eigenvalue weighted by molar-refractivity contribution is -0.421. The molecular weight excluding hydrogens is 150 g/mol. The molecule has 11 heavy (non-hydrogen) atoms. The number of rotatable bonds is 3. The Morgan fingerprint density at radius 2 is 2.27 bits per heavy atom. The van der Waals surface area contributed by atoms with Gasteiger partial charge in [0.1, 0.15) is 0 Å². The van der Waals surface area contributed by atoms with E-state index in [4.69, 9.17) is 0 Å². The summed E-state index contributed by atoms with van der Waals surface area (Å²) in [6, 6.07) is 0. The molecule has 0 saturated carbocycles. The Morgan fingerprint density at radius 3 is 2.55 bits per heavy atom. The summed E-state index contributed by atoms with van der Waals surface area (Å²) in [4.78, 5) is 20.0. The van der Waals surface area contributed by atoms with Gasteiger partial charge in [0, 0.05) is 0 Å². The van der Waals surface area contributed by atoms with Crippen LogP contribution in [-0.2, 0) is 9.53 Å². The van der Waals surface area contributed by atoms with E-state index in [0.717, 1.165) is 6.08 Å². The van der Waals surface area contributed by atoms with Gasteiger partial charge in [-0.15, -0.1) is 0 Å². The fourth-order valence-corrected chi connectivity index (χ4v) is 0.503. The number of carbonyl (C=O) groups excluding carboxylic acids is 1. The van der Waals surface area contributed by atoms with E-state index in [2.05, 4.69) is 4.74 Å². The zero-order valence-electron chi connectivity index (χ0n) is 6.36. The third-order valence-electron chi connectivity index (χ3n) is 0.955. The van der Waals surface area contributed by atoms with E-state index in [9.17, 15) is 14.9 Å². The van der Waals surface area contributed by atoms with Crippen molar-refractivity contribution in [2.75, 3.05) is 6.61 Å². The minimum Gasteiger partial charge on any atom is -0.458 e. The van der Waals surface area contributed by atoms with Crippen molar-refractivity contribution in [1.82, 2.24) is 0 Å². The Hall–Kier alpha value is -1.39. The van der Waals surface area contributed by atoms with Gasteiger partial charge >= 0.3 is 11.7 Å². The average molecular weight is 159 g/mol. The molecule has 0 aliphatic heterocycles. The number of carbonyl (C=O) groups is 1. The number of ether oxygens (including phenoxy) is 1. The molecule has 0 aliphatic carbocycles. The molecule has 0 aliphatic rings. The molecule has 0 rings (SSSR count). The second-order valence-electron chi connectivity index (χ2n) is 1.65. The molecule has 0 unspecified atom stereocenters. The van der Waals surface area contributed by atoms with Crippen LogP contribution in [0, 0.1) is 10.1 Å². The number of nitrogens with zero attached hydrogens (tertiary/aromatic N) is 1. The zero-order chi connectivity index (χ0) is 8.85. The Labute approximate surface area is 63.8 Å². The lowest BCUT2D eigenvalue weighted by Gasteiger charge is -1.96. The Kier molecular flexibility index (Phi) is 3.87. The first-order chi connectivity index (χ1) is 5.13. The number of allylic oxidation sites excluding steroid dienone is 1. The largest absolute Gasteiger partial charge is 0.458 e. The van der Waals surface area contributed by atoms with E-state index in [1.807, 2.05) is 0 Å². The fourth-order valence-electron chi connectivity index (χ4n) is 0.503. The van der Waals surface area contributed by atoms with Crippen molar-refractivity contribution in [1.29, 1.82) is 0 Å². The maximum atomic E-state index is 10.7. The summed E-state index contributed by atoms with van der Waals surface area (Å²) in [7, 11) is 0. The molecule has 0 spiro atoms. The quantitative estimate of drug-likeness (QED) is 0.263. The summed E-state index contributed by atoms with van der Waals surface area (Å²) in [5, 5.41) is 10.1. The number of hydrogen-bond acceptors (Lipinski definition) is 4. The standard InChI is InChI=1S/C6H9NO4/c1-3-5(7(9)10)6(8)11-4-2/h3H,4H2,1-2H3. The normalized spacial score (nSPS) is 10.9. The molecule has 0 aromatic carbocycles. The third-order valence-corrected chi connectivity index (χ3v) is 0.955. The Morgan fingerprint density at radius 1 is 1.73 bits per heavy atom. The summed E-state index contributed by atoms with van der Waals surface area (Å²) in [5.74, 6) is -0.889. The van der Waals surface area contributed by atoms with Crippen LogP contribution in [0.3, 0.4) is 0 Å². The van der Waals surface area contributed by atoms with Gasteiger partial charge < -0.3 is 4.74 Å². The molecule has 0 atom stereocenters. The van der Waals surface area contributed by atoms with E-state index in [1.54, 1.807) is 6.92 Å². The molecular formula is C6H9NO4. The van der Waals surface area contributed by atoms with Crippen molar-refractivity contribution in [3.05, 3.63) is 21.9 Å². The van der Waals surface area contributed by atoms with Crippen LogP contribution in [0.15, 0.2) is 11.8 Å². The van der Waals surface area contributed by atoms with E-state index >= 15 is 0 Å². The topological polar surface area (TPSA) is 69.4 Å². The average Bonchev–Trinajstić information content (AvgIpc) is 1.88. The van der Waals surface area contributed by atoms with Crippen LogP contribution in [0.5, 0.6) is 0 Å². The van der Waals surface area contributed by atoms with E-state index in [1.165, 1.54) is 6.92 Å². The zero-order valence-corrected chi connectivity index (χ0v) is 6.36. The SMILES string of the molecule is CC=C(C(=O)OCC)[N+](=O)[O-]. The maximum Gasteiger partial charge on any atom is 0.409 e. The van der Waals surface area contributed by atoms with Crippen LogP contribution in [0.25, 0.3) is 0 Å². The molecule has 0 N–H and O–H groups in total. The van der Waals surface area contributed by atoms with Crippen LogP contribution in [0.1, 0.15) is 13.8 Å². The molecule has 0 bridgehead atoms. The molecule has 0 amide bonds. The highest BCUT2D eigenvalue weighted by atomic mass is 16.6. The van der Waals surface area contributed by atoms with Crippen molar-refractivity contribution in [3.63, 3.8) is 0 Å². The van der Waals surface area contributed by atoms with Crippen LogP contribution >= 0.6 is 0 Å². The summed E-state index contributed by atoms with van der Waals surface area (Å²) in [5.41, 5.74) is -0.521. The highest BCUT2D eigenvalue weighted by Gasteiger charge is 2.20. The van der Waals surface area contributed by atoms with Gasteiger partial charge in [0.25, 0.3) is 0 Å². The van der Waals surface area contributed by atoms with Gasteiger partial charge in [0.15, 0.2) is 0 Å². The molecule has 0 aromatic heterocycles. The van der Waals surface area contributed by atoms with Crippen molar-refractivity contribution >= 4 is 5.97 Å².